The Labute approximate surface area is 126 Å². The maximum absolute atomic E-state index is 6.14. The summed E-state index contributed by atoms with van der Waals surface area (Å²) in [6.45, 7) is 0. The van der Waals surface area contributed by atoms with E-state index in [2.05, 4.69) is 10.3 Å². The number of hydrogen-bond donors (Lipinski definition) is 2. The summed E-state index contributed by atoms with van der Waals surface area (Å²) in [7, 11) is 0. The summed E-state index contributed by atoms with van der Waals surface area (Å²) >= 11 is 12.1. The Morgan fingerprint density at radius 2 is 1.85 bits per heavy atom. The van der Waals surface area contributed by atoms with Gasteiger partial charge in [0.05, 0.1) is 21.2 Å². The SMILES string of the molecule is Nc1ccc2nc(Nc3cccc(Cl)c3Cl)ccc2c1. The minimum atomic E-state index is 0.480. The fraction of sp³-hybridized carbons (Fsp3) is 0. The van der Waals surface area contributed by atoms with Crippen LogP contribution in [0.1, 0.15) is 0 Å². The molecule has 1 heterocycles. The fourth-order valence-electron chi connectivity index (χ4n) is 1.95. The second kappa shape index (κ2) is 5.19. The van der Waals surface area contributed by atoms with Crippen molar-refractivity contribution in [1.82, 2.24) is 4.98 Å². The van der Waals surface area contributed by atoms with E-state index in [0.717, 1.165) is 22.3 Å². The number of anilines is 3. The molecule has 0 amide bonds. The molecule has 20 heavy (non-hydrogen) atoms. The highest BCUT2D eigenvalue weighted by Gasteiger charge is 2.05. The topological polar surface area (TPSA) is 50.9 Å². The standard InChI is InChI=1S/C15H11Cl2N3/c16-11-2-1-3-13(15(11)17)20-14-7-4-9-8-10(18)5-6-12(9)19-14/h1-8H,18H2,(H,19,20). The number of halogens is 2. The van der Waals surface area contributed by atoms with Crippen LogP contribution < -0.4 is 11.1 Å². The van der Waals surface area contributed by atoms with Gasteiger partial charge in [0, 0.05) is 11.1 Å². The van der Waals surface area contributed by atoms with Gasteiger partial charge in [0.15, 0.2) is 0 Å². The van der Waals surface area contributed by atoms with Crippen LogP contribution in [0.5, 0.6) is 0 Å². The summed E-state index contributed by atoms with van der Waals surface area (Å²) in [6, 6.07) is 14.9. The molecule has 0 aliphatic carbocycles. The lowest BCUT2D eigenvalue weighted by atomic mass is 10.2. The van der Waals surface area contributed by atoms with E-state index in [1.54, 1.807) is 6.07 Å². The van der Waals surface area contributed by atoms with Gasteiger partial charge in [-0.25, -0.2) is 4.98 Å². The molecule has 0 radical (unpaired) electrons. The molecule has 2 aromatic carbocycles. The van der Waals surface area contributed by atoms with Crippen LogP contribution in [-0.2, 0) is 0 Å². The van der Waals surface area contributed by atoms with E-state index < -0.39 is 0 Å². The molecule has 0 unspecified atom stereocenters. The molecular weight excluding hydrogens is 293 g/mol. The van der Waals surface area contributed by atoms with Crippen LogP contribution in [0.3, 0.4) is 0 Å². The summed E-state index contributed by atoms with van der Waals surface area (Å²) in [5, 5.41) is 5.14. The van der Waals surface area contributed by atoms with Crippen molar-refractivity contribution in [2.45, 2.75) is 0 Å². The average Bonchev–Trinajstić information content (AvgIpc) is 2.44. The van der Waals surface area contributed by atoms with E-state index in [4.69, 9.17) is 28.9 Å². The second-order valence-corrected chi connectivity index (χ2v) is 5.16. The molecule has 0 aliphatic rings. The Morgan fingerprint density at radius 3 is 2.70 bits per heavy atom. The minimum absolute atomic E-state index is 0.480. The van der Waals surface area contributed by atoms with E-state index in [1.165, 1.54) is 0 Å². The number of nitrogens with zero attached hydrogens (tertiary/aromatic N) is 1. The first-order chi connectivity index (χ1) is 9.63. The maximum atomic E-state index is 6.14. The third-order valence-corrected chi connectivity index (χ3v) is 3.75. The van der Waals surface area contributed by atoms with E-state index >= 15 is 0 Å². The van der Waals surface area contributed by atoms with E-state index in [-0.39, 0.29) is 0 Å². The molecule has 0 bridgehead atoms. The van der Waals surface area contributed by atoms with Crippen LogP contribution >= 0.6 is 23.2 Å². The second-order valence-electron chi connectivity index (χ2n) is 4.38. The van der Waals surface area contributed by atoms with Gasteiger partial charge in [0.2, 0.25) is 0 Å². The van der Waals surface area contributed by atoms with Crippen molar-refractivity contribution in [3.8, 4) is 0 Å². The molecule has 3 N–H and O–H groups in total. The Bertz CT molecular complexity index is 787. The number of hydrogen-bond acceptors (Lipinski definition) is 3. The van der Waals surface area contributed by atoms with Crippen molar-refractivity contribution in [3.05, 3.63) is 58.6 Å². The zero-order valence-corrected chi connectivity index (χ0v) is 11.9. The van der Waals surface area contributed by atoms with Gasteiger partial charge in [-0.3, -0.25) is 0 Å². The van der Waals surface area contributed by atoms with Crippen molar-refractivity contribution >= 4 is 51.3 Å². The van der Waals surface area contributed by atoms with Gasteiger partial charge in [-0.2, -0.15) is 0 Å². The molecule has 0 spiro atoms. The van der Waals surface area contributed by atoms with Crippen LogP contribution in [0.25, 0.3) is 10.9 Å². The van der Waals surface area contributed by atoms with E-state index in [0.29, 0.717) is 15.9 Å². The number of nitrogen functional groups attached to an aromatic ring is 1. The number of nitrogens with one attached hydrogen (secondary N) is 1. The van der Waals surface area contributed by atoms with Crippen molar-refractivity contribution < 1.29 is 0 Å². The summed E-state index contributed by atoms with van der Waals surface area (Å²) in [4.78, 5) is 4.51. The van der Waals surface area contributed by atoms with Gasteiger partial charge < -0.3 is 11.1 Å². The first-order valence-electron chi connectivity index (χ1n) is 6.01. The van der Waals surface area contributed by atoms with E-state index in [9.17, 15) is 0 Å². The average molecular weight is 304 g/mol. The normalized spacial score (nSPS) is 10.7. The summed E-state index contributed by atoms with van der Waals surface area (Å²) in [5.41, 5.74) is 8.05. The largest absolute Gasteiger partial charge is 0.399 e. The highest BCUT2D eigenvalue weighted by Crippen LogP contribution is 2.31. The van der Waals surface area contributed by atoms with Gasteiger partial charge >= 0.3 is 0 Å². The van der Waals surface area contributed by atoms with Crippen LogP contribution in [0.15, 0.2) is 48.5 Å². The lowest BCUT2D eigenvalue weighted by molar-refractivity contribution is 1.37. The van der Waals surface area contributed by atoms with Crippen LogP contribution in [0.2, 0.25) is 10.0 Å². The Hall–Kier alpha value is -1.97. The van der Waals surface area contributed by atoms with Gasteiger partial charge in [0.1, 0.15) is 5.82 Å². The maximum Gasteiger partial charge on any atom is 0.131 e. The molecule has 0 saturated heterocycles. The first-order valence-corrected chi connectivity index (χ1v) is 6.76. The molecule has 0 fully saturated rings. The minimum Gasteiger partial charge on any atom is -0.399 e. The molecule has 100 valence electrons. The number of benzene rings is 2. The number of nitrogens with two attached hydrogens (primary N) is 1. The van der Waals surface area contributed by atoms with Crippen molar-refractivity contribution in [1.29, 1.82) is 0 Å². The van der Waals surface area contributed by atoms with Gasteiger partial charge in [-0.15, -0.1) is 0 Å². The molecule has 0 atom stereocenters. The quantitative estimate of drug-likeness (QED) is 0.664. The molecule has 5 heteroatoms. The Morgan fingerprint density at radius 1 is 1.00 bits per heavy atom. The number of rotatable bonds is 2. The molecule has 3 nitrogen and oxygen atoms in total. The van der Waals surface area contributed by atoms with Crippen molar-refractivity contribution in [3.63, 3.8) is 0 Å². The fourth-order valence-corrected chi connectivity index (χ4v) is 2.30. The highest BCUT2D eigenvalue weighted by molar-refractivity contribution is 6.43. The van der Waals surface area contributed by atoms with Crippen LogP contribution in [-0.4, -0.2) is 4.98 Å². The van der Waals surface area contributed by atoms with Crippen LogP contribution in [0.4, 0.5) is 17.2 Å². The predicted octanol–water partition coefficient (Wildman–Crippen LogP) is 4.87. The van der Waals surface area contributed by atoms with Gasteiger partial charge in [-0.05, 0) is 42.5 Å². The third kappa shape index (κ3) is 2.50. The Kier molecular flexibility index (Phi) is 3.38. The molecule has 3 aromatic rings. The highest BCUT2D eigenvalue weighted by atomic mass is 35.5. The summed E-state index contributed by atoms with van der Waals surface area (Å²) < 4.78 is 0. The molecule has 0 aliphatic heterocycles. The number of fused-ring (bicyclic) bond motifs is 1. The number of aromatic nitrogens is 1. The smallest absolute Gasteiger partial charge is 0.131 e. The lowest BCUT2D eigenvalue weighted by Gasteiger charge is -2.09. The predicted molar refractivity (Wildman–Crippen MR) is 85.9 cm³/mol. The van der Waals surface area contributed by atoms with Crippen molar-refractivity contribution in [2.24, 2.45) is 0 Å². The molecule has 0 saturated carbocycles. The zero-order valence-electron chi connectivity index (χ0n) is 10.4. The first kappa shape index (κ1) is 13.0. The molecular formula is C15H11Cl2N3. The summed E-state index contributed by atoms with van der Waals surface area (Å²) in [6.07, 6.45) is 0. The molecule has 1 aromatic heterocycles. The van der Waals surface area contributed by atoms with Gasteiger partial charge in [-0.1, -0.05) is 29.3 Å². The lowest BCUT2D eigenvalue weighted by Crippen LogP contribution is -1.95. The van der Waals surface area contributed by atoms with E-state index in [1.807, 2.05) is 42.5 Å². The van der Waals surface area contributed by atoms with Crippen LogP contribution in [0, 0.1) is 0 Å². The van der Waals surface area contributed by atoms with Gasteiger partial charge in [0.25, 0.3) is 0 Å². The Balaban J connectivity index is 1.99. The summed E-state index contributed by atoms with van der Waals surface area (Å²) in [5.74, 6) is 0.700. The monoisotopic (exact) mass is 303 g/mol. The third-order valence-electron chi connectivity index (χ3n) is 2.93. The molecule has 3 rings (SSSR count). The zero-order chi connectivity index (χ0) is 14.1. The van der Waals surface area contributed by atoms with Crippen molar-refractivity contribution in [2.75, 3.05) is 11.1 Å². The number of pyridine rings is 1.